The Labute approximate surface area is 205 Å². The molecule has 0 fully saturated rings. The number of hydrogen-bond donors (Lipinski definition) is 4. The summed E-state index contributed by atoms with van der Waals surface area (Å²) in [5.74, 6) is -0.854. The molecule has 8 heteroatoms. The first-order chi connectivity index (χ1) is 15.8. The summed E-state index contributed by atoms with van der Waals surface area (Å²) in [5.41, 5.74) is 0. The van der Waals surface area contributed by atoms with Gasteiger partial charge in [0.1, 0.15) is 0 Å². The number of aliphatic carboxylic acids is 1. The molecule has 1 atom stereocenters. The maximum Gasteiger partial charge on any atom is 0.303 e. The Balaban J connectivity index is 3.30. The number of carbonyl (C=O) groups excluding carboxylic acids is 3. The van der Waals surface area contributed by atoms with Crippen LogP contribution in [0.25, 0.3) is 0 Å². The van der Waals surface area contributed by atoms with Gasteiger partial charge in [0.15, 0.2) is 0 Å². The Morgan fingerprint density at radius 1 is 0.636 bits per heavy atom. The molecular weight excluding hydrogens is 440 g/mol. The summed E-state index contributed by atoms with van der Waals surface area (Å²) in [6.45, 7) is 2.06. The minimum atomic E-state index is -0.688. The molecule has 0 aliphatic carbocycles. The Bertz CT molecular complexity index is 557. The number of rotatable bonds is 23. The number of unbranched alkanes of at least 4 members (excludes halogenated alkanes) is 13. The predicted octanol–water partition coefficient (Wildman–Crippen LogP) is 5.17. The van der Waals surface area contributed by atoms with Gasteiger partial charge >= 0.3 is 5.97 Å². The summed E-state index contributed by atoms with van der Waals surface area (Å²) < 4.78 is 0. The number of carboxylic acid groups (broad SMARTS) is 1. The zero-order valence-corrected chi connectivity index (χ0v) is 21.4. The molecule has 2 amide bonds. The standard InChI is InChI=1S/C25H46N2O5S/c1-21(25(32)33)27-23(29)18-16-20-26-22(28)17-14-12-10-8-6-4-2-3-5-7-9-11-13-15-19-24(30)31/h21H,2-20H2,1H3,(H,26,28)(H,27,29)(H,30,31)(H,32,33). The zero-order valence-electron chi connectivity index (χ0n) is 20.5. The smallest absolute Gasteiger partial charge is 0.303 e. The third kappa shape index (κ3) is 23.4. The maximum atomic E-state index is 11.8. The van der Waals surface area contributed by atoms with Crippen molar-refractivity contribution in [2.24, 2.45) is 0 Å². The van der Waals surface area contributed by atoms with Crippen molar-refractivity contribution in [2.75, 3.05) is 6.54 Å². The van der Waals surface area contributed by atoms with Crippen LogP contribution in [0.2, 0.25) is 0 Å². The molecule has 0 rings (SSSR count). The van der Waals surface area contributed by atoms with Gasteiger partial charge < -0.3 is 15.7 Å². The average Bonchev–Trinajstić information content (AvgIpc) is 2.76. The number of amides is 2. The molecule has 3 N–H and O–H groups in total. The zero-order chi connectivity index (χ0) is 24.7. The van der Waals surface area contributed by atoms with Crippen molar-refractivity contribution in [3.8, 4) is 0 Å². The fourth-order valence-corrected chi connectivity index (χ4v) is 3.69. The summed E-state index contributed by atoms with van der Waals surface area (Å²) in [4.78, 5) is 44.8. The molecule has 7 nitrogen and oxygen atoms in total. The highest BCUT2D eigenvalue weighted by Gasteiger charge is 2.11. The van der Waals surface area contributed by atoms with E-state index in [1.165, 1.54) is 57.8 Å². The summed E-state index contributed by atoms with van der Waals surface area (Å²) in [6.07, 6.45) is 18.0. The average molecular weight is 487 g/mol. The van der Waals surface area contributed by atoms with Gasteiger partial charge in [-0.25, -0.2) is 0 Å². The van der Waals surface area contributed by atoms with Crippen molar-refractivity contribution in [2.45, 2.75) is 129 Å². The van der Waals surface area contributed by atoms with Gasteiger partial charge in [-0.05, 0) is 26.2 Å². The van der Waals surface area contributed by atoms with Crippen LogP contribution in [0.1, 0.15) is 122 Å². The van der Waals surface area contributed by atoms with Gasteiger partial charge in [-0.2, -0.15) is 0 Å². The molecule has 0 bridgehead atoms. The Morgan fingerprint density at radius 2 is 1.03 bits per heavy atom. The van der Waals surface area contributed by atoms with Gasteiger partial charge in [0, 0.05) is 25.8 Å². The largest absolute Gasteiger partial charge is 0.481 e. The number of hydrogen-bond acceptors (Lipinski definition) is 4. The van der Waals surface area contributed by atoms with Gasteiger partial charge in [0.2, 0.25) is 16.9 Å². The molecule has 0 aromatic heterocycles. The third-order valence-corrected chi connectivity index (χ3v) is 6.08. The normalized spacial score (nSPS) is 11.7. The Kier molecular flexibility index (Phi) is 21.2. The van der Waals surface area contributed by atoms with E-state index >= 15 is 0 Å². The van der Waals surface area contributed by atoms with Crippen LogP contribution >= 0.6 is 12.6 Å². The molecular formula is C25H46N2O5S. The monoisotopic (exact) mass is 486 g/mol. The molecule has 0 aromatic carbocycles. The maximum absolute atomic E-state index is 11.8. The van der Waals surface area contributed by atoms with Crippen molar-refractivity contribution in [1.82, 2.24) is 10.6 Å². The van der Waals surface area contributed by atoms with Gasteiger partial charge in [-0.3, -0.25) is 19.2 Å². The number of thiol groups is 1. The van der Waals surface area contributed by atoms with Crippen molar-refractivity contribution < 1.29 is 24.3 Å². The summed E-state index contributed by atoms with van der Waals surface area (Å²) in [7, 11) is 0. The fraction of sp³-hybridized carbons (Fsp3) is 0.840. The molecule has 0 heterocycles. The van der Waals surface area contributed by atoms with Crippen LogP contribution in [0, 0.1) is 0 Å². The third-order valence-electron chi connectivity index (χ3n) is 5.70. The highest BCUT2D eigenvalue weighted by Crippen LogP contribution is 2.13. The molecule has 33 heavy (non-hydrogen) atoms. The molecule has 0 saturated carbocycles. The van der Waals surface area contributed by atoms with E-state index in [2.05, 4.69) is 23.3 Å². The molecule has 0 aliphatic heterocycles. The molecule has 0 spiro atoms. The lowest BCUT2D eigenvalue weighted by Gasteiger charge is -2.10. The van der Waals surface area contributed by atoms with Crippen molar-refractivity contribution in [1.29, 1.82) is 0 Å². The molecule has 0 aliphatic rings. The molecule has 0 saturated heterocycles. The van der Waals surface area contributed by atoms with E-state index in [4.69, 9.17) is 5.11 Å². The molecule has 1 unspecified atom stereocenters. The highest BCUT2D eigenvalue weighted by atomic mass is 32.1. The van der Waals surface area contributed by atoms with Gasteiger partial charge in [0.05, 0.1) is 6.04 Å². The van der Waals surface area contributed by atoms with E-state index < -0.39 is 12.0 Å². The lowest BCUT2D eigenvalue weighted by atomic mass is 10.0. The van der Waals surface area contributed by atoms with E-state index in [1.54, 1.807) is 6.92 Å². The number of nitrogens with one attached hydrogen (secondary N) is 2. The lowest BCUT2D eigenvalue weighted by molar-refractivity contribution is -0.137. The Morgan fingerprint density at radius 3 is 1.45 bits per heavy atom. The van der Waals surface area contributed by atoms with Crippen LogP contribution in [0.5, 0.6) is 0 Å². The molecule has 0 radical (unpaired) electrons. The second-order valence-electron chi connectivity index (χ2n) is 8.92. The van der Waals surface area contributed by atoms with Crippen molar-refractivity contribution in [3.63, 3.8) is 0 Å². The quantitative estimate of drug-likeness (QED) is 0.118. The van der Waals surface area contributed by atoms with E-state index in [1.807, 2.05) is 0 Å². The van der Waals surface area contributed by atoms with Crippen LogP contribution in [-0.4, -0.2) is 40.6 Å². The first-order valence-corrected chi connectivity index (χ1v) is 13.3. The Hall–Kier alpha value is -1.57. The van der Waals surface area contributed by atoms with Gasteiger partial charge in [-0.1, -0.05) is 77.0 Å². The van der Waals surface area contributed by atoms with Crippen LogP contribution in [0.15, 0.2) is 0 Å². The van der Waals surface area contributed by atoms with Crippen LogP contribution in [0.4, 0.5) is 0 Å². The molecule has 192 valence electrons. The predicted molar refractivity (Wildman–Crippen MR) is 135 cm³/mol. The number of carboxylic acids is 1. The van der Waals surface area contributed by atoms with Crippen molar-refractivity contribution >= 4 is 35.5 Å². The summed E-state index contributed by atoms with van der Waals surface area (Å²) in [6, 6.07) is -0.588. The van der Waals surface area contributed by atoms with Gasteiger partial charge in [-0.15, -0.1) is 12.6 Å². The fourth-order valence-electron chi connectivity index (χ4n) is 3.62. The SMILES string of the molecule is CC(NC(=O)CCCNC(=O)CCCCCCCCCCCCCCCCC(=O)O)C(=O)S. The number of carbonyl (C=O) groups is 4. The lowest BCUT2D eigenvalue weighted by Crippen LogP contribution is -2.36. The van der Waals surface area contributed by atoms with Crippen LogP contribution < -0.4 is 10.6 Å². The second-order valence-corrected chi connectivity index (χ2v) is 9.37. The second kappa shape index (κ2) is 22.2. The molecule has 0 aromatic rings. The van der Waals surface area contributed by atoms with E-state index in [0.29, 0.717) is 25.8 Å². The topological polar surface area (TPSA) is 113 Å². The van der Waals surface area contributed by atoms with Crippen LogP contribution in [0.3, 0.4) is 0 Å². The van der Waals surface area contributed by atoms with E-state index in [-0.39, 0.29) is 23.4 Å². The minimum Gasteiger partial charge on any atom is -0.481 e. The van der Waals surface area contributed by atoms with E-state index in [9.17, 15) is 19.2 Å². The first kappa shape index (κ1) is 31.4. The summed E-state index contributed by atoms with van der Waals surface area (Å²) in [5, 5.41) is 13.6. The summed E-state index contributed by atoms with van der Waals surface area (Å²) >= 11 is 3.68. The van der Waals surface area contributed by atoms with E-state index in [0.717, 1.165) is 32.1 Å². The first-order valence-electron chi connectivity index (χ1n) is 12.8. The van der Waals surface area contributed by atoms with Crippen LogP contribution in [-0.2, 0) is 19.2 Å². The van der Waals surface area contributed by atoms with Crippen molar-refractivity contribution in [3.05, 3.63) is 0 Å². The highest BCUT2D eigenvalue weighted by molar-refractivity contribution is 7.96. The van der Waals surface area contributed by atoms with Gasteiger partial charge in [0.25, 0.3) is 0 Å². The minimum absolute atomic E-state index is 0.0381.